The summed E-state index contributed by atoms with van der Waals surface area (Å²) in [7, 11) is 0. The second-order valence-electron chi connectivity index (χ2n) is 8.23. The van der Waals surface area contributed by atoms with Gasteiger partial charge < -0.3 is 4.74 Å². The number of ether oxygens (including phenoxy) is 1. The van der Waals surface area contributed by atoms with Gasteiger partial charge >= 0.3 is 5.97 Å². The van der Waals surface area contributed by atoms with Gasteiger partial charge in [-0.15, -0.1) is 0 Å². The highest BCUT2D eigenvalue weighted by Crippen LogP contribution is 2.47. The zero-order valence-electron chi connectivity index (χ0n) is 14.8. The average molecular weight is 296 g/mol. The summed E-state index contributed by atoms with van der Waals surface area (Å²) in [5.41, 5.74) is -0.693. The van der Waals surface area contributed by atoms with E-state index in [1.54, 1.807) is 0 Å². The van der Waals surface area contributed by atoms with Crippen molar-refractivity contribution in [2.24, 2.45) is 16.2 Å². The molecule has 0 radical (unpaired) electrons. The maximum Gasteiger partial charge on any atom is 0.312 e. The monoisotopic (exact) mass is 296 g/mol. The summed E-state index contributed by atoms with van der Waals surface area (Å²) in [6.07, 6.45) is 2.99. The van der Waals surface area contributed by atoms with Crippen molar-refractivity contribution in [3.63, 3.8) is 0 Å². The Hall–Kier alpha value is -1.12. The van der Waals surface area contributed by atoms with Gasteiger partial charge in [0.15, 0.2) is 5.78 Å². The molecule has 3 nitrogen and oxygen atoms in total. The lowest BCUT2D eigenvalue weighted by molar-refractivity contribution is -0.165. The van der Waals surface area contributed by atoms with E-state index in [4.69, 9.17) is 4.74 Å². The summed E-state index contributed by atoms with van der Waals surface area (Å²) >= 11 is 0. The highest BCUT2D eigenvalue weighted by molar-refractivity contribution is 5.88. The highest BCUT2D eigenvalue weighted by atomic mass is 16.5. The van der Waals surface area contributed by atoms with Crippen LogP contribution in [0.3, 0.4) is 0 Å². The van der Waals surface area contributed by atoms with Crippen LogP contribution in [0, 0.1) is 16.2 Å². The average Bonchev–Trinajstić information content (AvgIpc) is 2.30. The van der Waals surface area contributed by atoms with E-state index in [-0.39, 0.29) is 29.2 Å². The van der Waals surface area contributed by atoms with Gasteiger partial charge in [0.2, 0.25) is 0 Å². The molecule has 0 aromatic rings. The molecule has 0 aliphatic carbocycles. The first-order valence-corrected chi connectivity index (χ1v) is 7.66. The molecule has 0 heterocycles. The van der Waals surface area contributed by atoms with Gasteiger partial charge in [-0.05, 0) is 36.7 Å². The van der Waals surface area contributed by atoms with Crippen LogP contribution in [0.4, 0.5) is 0 Å². The second-order valence-corrected chi connectivity index (χ2v) is 8.23. The summed E-state index contributed by atoms with van der Waals surface area (Å²) in [5, 5.41) is 0. The van der Waals surface area contributed by atoms with Crippen LogP contribution in [0.15, 0.2) is 12.7 Å². The van der Waals surface area contributed by atoms with E-state index in [0.29, 0.717) is 12.8 Å². The fourth-order valence-electron chi connectivity index (χ4n) is 2.38. The molecule has 0 amide bonds. The molecule has 0 spiro atoms. The van der Waals surface area contributed by atoms with E-state index in [9.17, 15) is 9.59 Å². The Morgan fingerprint density at radius 1 is 1.05 bits per heavy atom. The summed E-state index contributed by atoms with van der Waals surface area (Å²) in [5.74, 6) is -0.185. The van der Waals surface area contributed by atoms with Gasteiger partial charge in [-0.25, -0.2) is 0 Å². The van der Waals surface area contributed by atoms with Gasteiger partial charge in [0.05, 0.1) is 12.0 Å². The maximum absolute atomic E-state index is 12.6. The van der Waals surface area contributed by atoms with Crippen molar-refractivity contribution in [2.75, 3.05) is 6.61 Å². The summed E-state index contributed by atoms with van der Waals surface area (Å²) < 4.78 is 5.45. The molecule has 0 aromatic heterocycles. The topological polar surface area (TPSA) is 43.4 Å². The molecule has 3 heteroatoms. The quantitative estimate of drug-likeness (QED) is 0.393. The number of hydrogen-bond donors (Lipinski definition) is 0. The largest absolute Gasteiger partial charge is 0.465 e. The van der Waals surface area contributed by atoms with Gasteiger partial charge in [-0.3, -0.25) is 9.59 Å². The van der Waals surface area contributed by atoms with Crippen LogP contribution in [0.1, 0.15) is 67.7 Å². The van der Waals surface area contributed by atoms with Crippen molar-refractivity contribution in [2.45, 2.75) is 67.7 Å². The molecule has 1 atom stereocenters. The first-order chi connectivity index (χ1) is 9.33. The lowest BCUT2D eigenvalue weighted by Gasteiger charge is -2.43. The highest BCUT2D eigenvalue weighted by Gasteiger charge is 2.47. The third kappa shape index (κ3) is 6.45. The minimum Gasteiger partial charge on any atom is -0.465 e. The van der Waals surface area contributed by atoms with Crippen LogP contribution in [-0.2, 0) is 14.3 Å². The first-order valence-electron chi connectivity index (χ1n) is 7.66. The Labute approximate surface area is 130 Å². The predicted octanol–water partition coefficient (Wildman–Crippen LogP) is 4.55. The number of allylic oxidation sites excluding steroid dienone is 1. The van der Waals surface area contributed by atoms with Crippen LogP contribution in [0.2, 0.25) is 0 Å². The Morgan fingerprint density at radius 2 is 1.57 bits per heavy atom. The third-order valence-electron chi connectivity index (χ3n) is 4.02. The molecule has 0 rings (SSSR count). The molecule has 122 valence electrons. The van der Waals surface area contributed by atoms with Crippen molar-refractivity contribution in [1.29, 1.82) is 0 Å². The van der Waals surface area contributed by atoms with Crippen LogP contribution in [0.5, 0.6) is 0 Å². The molecule has 21 heavy (non-hydrogen) atoms. The lowest BCUT2D eigenvalue weighted by Crippen LogP contribution is -2.44. The van der Waals surface area contributed by atoms with Crippen LogP contribution in [-0.4, -0.2) is 18.4 Å². The molecule has 0 bridgehead atoms. The molecular formula is C18H32O3. The molecule has 0 N–H and O–H groups in total. The molecule has 1 unspecified atom stereocenters. The normalized spacial score (nSPS) is 15.2. The minimum absolute atomic E-state index is 0.0145. The zero-order chi connectivity index (χ0) is 16.9. The van der Waals surface area contributed by atoms with Crippen LogP contribution < -0.4 is 0 Å². The van der Waals surface area contributed by atoms with Gasteiger partial charge in [-0.1, -0.05) is 48.1 Å². The van der Waals surface area contributed by atoms with Crippen molar-refractivity contribution in [3.8, 4) is 0 Å². The first kappa shape index (κ1) is 19.9. The molecule has 0 saturated carbocycles. The van der Waals surface area contributed by atoms with E-state index in [1.165, 1.54) is 6.08 Å². The maximum atomic E-state index is 12.6. The number of carbonyl (C=O) groups excluding carboxylic acids is 2. The van der Waals surface area contributed by atoms with E-state index >= 15 is 0 Å². The van der Waals surface area contributed by atoms with Crippen molar-refractivity contribution in [3.05, 3.63) is 12.7 Å². The number of carbonyl (C=O) groups is 2. The Kier molecular flexibility index (Phi) is 6.85. The zero-order valence-corrected chi connectivity index (χ0v) is 14.8. The van der Waals surface area contributed by atoms with Gasteiger partial charge in [0, 0.05) is 6.42 Å². The predicted molar refractivity (Wildman–Crippen MR) is 87.0 cm³/mol. The summed E-state index contributed by atoms with van der Waals surface area (Å²) in [4.78, 5) is 23.7. The Bertz CT molecular complexity index is 382. The van der Waals surface area contributed by atoms with Crippen molar-refractivity contribution >= 4 is 11.8 Å². The fourth-order valence-corrected chi connectivity index (χ4v) is 2.38. The number of rotatable bonds is 7. The third-order valence-corrected chi connectivity index (χ3v) is 4.02. The van der Waals surface area contributed by atoms with Crippen molar-refractivity contribution < 1.29 is 14.3 Å². The van der Waals surface area contributed by atoms with Crippen LogP contribution >= 0.6 is 0 Å². The van der Waals surface area contributed by atoms with E-state index < -0.39 is 5.41 Å². The Morgan fingerprint density at radius 3 is 1.95 bits per heavy atom. The molecular weight excluding hydrogens is 264 g/mol. The van der Waals surface area contributed by atoms with Gasteiger partial charge in [0.1, 0.15) is 0 Å². The van der Waals surface area contributed by atoms with E-state index in [1.807, 2.05) is 6.92 Å². The molecule has 0 aliphatic rings. The summed E-state index contributed by atoms with van der Waals surface area (Å²) in [6, 6.07) is 0. The Balaban J connectivity index is 4.76. The molecule has 0 fully saturated rings. The summed E-state index contributed by atoms with van der Waals surface area (Å²) in [6.45, 7) is 18.3. The van der Waals surface area contributed by atoms with Gasteiger partial charge in [-0.2, -0.15) is 0 Å². The minimum atomic E-state index is -0.548. The number of hydrogen-bond acceptors (Lipinski definition) is 3. The van der Waals surface area contributed by atoms with E-state index in [0.717, 1.165) is 6.42 Å². The smallest absolute Gasteiger partial charge is 0.312 e. The number of esters is 1. The SMILES string of the molecule is C=CC(=O)CCCOC(=O)C(C)(CC(C)(C)C)C(C)(C)C. The number of ketones is 1. The lowest BCUT2D eigenvalue weighted by atomic mass is 9.61. The van der Waals surface area contributed by atoms with E-state index in [2.05, 4.69) is 48.1 Å². The van der Waals surface area contributed by atoms with Gasteiger partial charge in [0.25, 0.3) is 0 Å². The molecule has 0 aromatic carbocycles. The van der Waals surface area contributed by atoms with Crippen LogP contribution in [0.25, 0.3) is 0 Å². The second kappa shape index (κ2) is 7.24. The molecule has 0 saturated heterocycles. The fraction of sp³-hybridized carbons (Fsp3) is 0.778. The van der Waals surface area contributed by atoms with Crippen molar-refractivity contribution in [1.82, 2.24) is 0 Å². The standard InChI is InChI=1S/C18H32O3/c1-9-14(19)11-10-12-21-15(20)18(8,17(5,6)7)13-16(2,3)4/h9H,1,10-13H2,2-8H3. The molecule has 0 aliphatic heterocycles.